The van der Waals surface area contributed by atoms with E-state index in [-0.39, 0.29) is 5.91 Å². The van der Waals surface area contributed by atoms with E-state index in [1.807, 2.05) is 30.3 Å². The molecule has 0 spiro atoms. The van der Waals surface area contributed by atoms with E-state index in [2.05, 4.69) is 17.2 Å². The lowest BCUT2D eigenvalue weighted by molar-refractivity contribution is 0.0957. The topological polar surface area (TPSA) is 47.8 Å². The number of fused-ring (bicyclic) bond motifs is 1. The predicted molar refractivity (Wildman–Crippen MR) is 104 cm³/mol. The van der Waals surface area contributed by atoms with Gasteiger partial charge in [-0.15, -0.1) is 5.10 Å². The number of para-hydroxylation sites is 1. The third-order valence-electron chi connectivity index (χ3n) is 4.55. The molecule has 2 aromatic rings. The van der Waals surface area contributed by atoms with Crippen LogP contribution in [0.15, 0.2) is 36.4 Å². The molecular weight excluding hydrogens is 310 g/mol. The van der Waals surface area contributed by atoms with E-state index in [4.69, 9.17) is 0 Å². The minimum Gasteiger partial charge on any atom is -0.267 e. The normalized spacial score (nSPS) is 11.6. The molecule has 0 atom stereocenters. The number of benzene rings is 1. The summed E-state index contributed by atoms with van der Waals surface area (Å²) in [4.78, 5) is 12.2. The van der Waals surface area contributed by atoms with Gasteiger partial charge in [0.2, 0.25) is 0 Å². The highest BCUT2D eigenvalue weighted by Gasteiger charge is 2.07. The molecule has 0 fully saturated rings. The van der Waals surface area contributed by atoms with Gasteiger partial charge < -0.3 is 0 Å². The first-order chi connectivity index (χ1) is 12.3. The number of hydrogen-bond donors (Lipinski definition) is 0. The van der Waals surface area contributed by atoms with Gasteiger partial charge >= 0.3 is 0 Å². The van der Waals surface area contributed by atoms with Crippen LogP contribution in [0.5, 0.6) is 0 Å². The first-order valence-electron chi connectivity index (χ1n) is 9.84. The Bertz CT molecular complexity index is 660. The van der Waals surface area contributed by atoms with E-state index >= 15 is 0 Å². The lowest BCUT2D eigenvalue weighted by Gasteiger charge is -2.01. The molecule has 0 saturated heterocycles. The summed E-state index contributed by atoms with van der Waals surface area (Å²) in [5, 5.41) is 7.94. The van der Waals surface area contributed by atoms with Gasteiger partial charge in [-0.2, -0.15) is 4.68 Å². The highest BCUT2D eigenvalue weighted by molar-refractivity contribution is 5.95. The van der Waals surface area contributed by atoms with Crippen LogP contribution in [-0.2, 0) is 0 Å². The average molecular weight is 341 g/mol. The zero-order valence-corrected chi connectivity index (χ0v) is 15.5. The Kier molecular flexibility index (Phi) is 8.95. The lowest BCUT2D eigenvalue weighted by Crippen LogP contribution is -2.08. The molecule has 1 aromatic carbocycles. The molecule has 25 heavy (non-hydrogen) atoms. The van der Waals surface area contributed by atoms with E-state index < -0.39 is 0 Å². The Morgan fingerprint density at radius 3 is 2.32 bits per heavy atom. The average Bonchev–Trinajstić information content (AvgIpc) is 3.06. The van der Waals surface area contributed by atoms with Crippen molar-refractivity contribution in [3.63, 3.8) is 0 Å². The molecule has 1 aromatic heterocycles. The Morgan fingerprint density at radius 2 is 1.60 bits per heavy atom. The minimum atomic E-state index is -0.124. The molecule has 4 nitrogen and oxygen atoms in total. The van der Waals surface area contributed by atoms with Crippen LogP contribution in [0.1, 0.15) is 82.3 Å². The SMILES string of the molecule is CCCCCCCCCCCC/C=C/C(=O)n1nnc2ccccc21. The fourth-order valence-corrected chi connectivity index (χ4v) is 3.04. The Hall–Kier alpha value is -1.97. The summed E-state index contributed by atoms with van der Waals surface area (Å²) in [6.45, 7) is 2.26. The number of nitrogens with zero attached hydrogens (tertiary/aromatic N) is 3. The van der Waals surface area contributed by atoms with Crippen molar-refractivity contribution in [3.05, 3.63) is 36.4 Å². The molecule has 1 heterocycles. The third kappa shape index (κ3) is 6.81. The van der Waals surface area contributed by atoms with Crippen molar-refractivity contribution in [3.8, 4) is 0 Å². The number of carbonyl (C=O) groups excluding carboxylic acids is 1. The summed E-state index contributed by atoms with van der Waals surface area (Å²) in [7, 11) is 0. The quantitative estimate of drug-likeness (QED) is 0.354. The van der Waals surface area contributed by atoms with E-state index in [0.717, 1.165) is 23.9 Å². The maximum Gasteiger partial charge on any atom is 0.272 e. The summed E-state index contributed by atoms with van der Waals surface area (Å²) < 4.78 is 1.37. The van der Waals surface area contributed by atoms with E-state index in [9.17, 15) is 4.79 Å². The van der Waals surface area contributed by atoms with Gasteiger partial charge in [0.15, 0.2) is 0 Å². The summed E-state index contributed by atoms with van der Waals surface area (Å²) in [5.74, 6) is -0.124. The van der Waals surface area contributed by atoms with Crippen LogP contribution in [0.3, 0.4) is 0 Å². The van der Waals surface area contributed by atoms with Gasteiger partial charge in [0, 0.05) is 6.08 Å². The van der Waals surface area contributed by atoms with Gasteiger partial charge in [-0.05, 0) is 25.0 Å². The lowest BCUT2D eigenvalue weighted by atomic mass is 10.1. The number of carbonyl (C=O) groups is 1. The maximum atomic E-state index is 12.2. The zero-order valence-electron chi connectivity index (χ0n) is 15.5. The van der Waals surface area contributed by atoms with Crippen LogP contribution in [0.25, 0.3) is 11.0 Å². The standard InChI is InChI=1S/C21H31N3O/c1-2-3-4-5-6-7-8-9-10-11-12-13-18-21(25)24-20-17-15-14-16-19(20)22-23-24/h13-18H,2-12H2,1H3/b18-13+. The van der Waals surface area contributed by atoms with Gasteiger partial charge in [0.25, 0.3) is 5.91 Å². The van der Waals surface area contributed by atoms with Crippen molar-refractivity contribution < 1.29 is 4.79 Å². The molecule has 4 heteroatoms. The largest absolute Gasteiger partial charge is 0.272 e. The van der Waals surface area contributed by atoms with Crippen LogP contribution in [0.4, 0.5) is 0 Å². The van der Waals surface area contributed by atoms with Crippen molar-refractivity contribution >= 4 is 16.9 Å². The van der Waals surface area contributed by atoms with Crippen molar-refractivity contribution in [2.45, 2.75) is 77.6 Å². The third-order valence-corrected chi connectivity index (χ3v) is 4.55. The van der Waals surface area contributed by atoms with Crippen LogP contribution in [-0.4, -0.2) is 20.9 Å². The van der Waals surface area contributed by atoms with Crippen molar-refractivity contribution in [2.75, 3.05) is 0 Å². The molecule has 0 aliphatic carbocycles. The molecule has 0 aliphatic heterocycles. The fourth-order valence-electron chi connectivity index (χ4n) is 3.04. The predicted octanol–water partition coefficient (Wildman–Crippen LogP) is 5.94. The van der Waals surface area contributed by atoms with Crippen LogP contribution >= 0.6 is 0 Å². The Morgan fingerprint density at radius 1 is 0.960 bits per heavy atom. The zero-order chi connectivity index (χ0) is 17.7. The summed E-state index contributed by atoms with van der Waals surface area (Å²) in [6.07, 6.45) is 17.9. The number of unbranched alkanes of at least 4 members (excludes halogenated alkanes) is 10. The van der Waals surface area contributed by atoms with Gasteiger partial charge in [-0.1, -0.05) is 88.1 Å². The molecule has 0 amide bonds. The smallest absolute Gasteiger partial charge is 0.267 e. The monoisotopic (exact) mass is 341 g/mol. The molecule has 0 aliphatic rings. The van der Waals surface area contributed by atoms with E-state index in [1.165, 1.54) is 62.5 Å². The van der Waals surface area contributed by atoms with Gasteiger partial charge in [0.1, 0.15) is 5.52 Å². The van der Waals surface area contributed by atoms with E-state index in [0.29, 0.717) is 0 Å². The highest BCUT2D eigenvalue weighted by atomic mass is 16.2. The Balaban J connectivity index is 1.55. The number of aromatic nitrogens is 3. The molecule has 0 saturated carbocycles. The molecule has 136 valence electrons. The molecule has 0 unspecified atom stereocenters. The minimum absolute atomic E-state index is 0.124. The van der Waals surface area contributed by atoms with Crippen molar-refractivity contribution in [2.24, 2.45) is 0 Å². The van der Waals surface area contributed by atoms with Gasteiger partial charge in [0.05, 0.1) is 5.52 Å². The summed E-state index contributed by atoms with van der Waals surface area (Å²) in [6, 6.07) is 7.51. The first-order valence-corrected chi connectivity index (χ1v) is 9.84. The molecule has 0 bridgehead atoms. The second kappa shape index (κ2) is 11.6. The maximum absolute atomic E-state index is 12.2. The Labute approximate surface area is 151 Å². The van der Waals surface area contributed by atoms with E-state index in [1.54, 1.807) is 6.08 Å². The summed E-state index contributed by atoms with van der Waals surface area (Å²) in [5.41, 5.74) is 1.51. The second-order valence-electron chi connectivity index (χ2n) is 6.70. The van der Waals surface area contributed by atoms with Gasteiger partial charge in [-0.25, -0.2) is 0 Å². The summed E-state index contributed by atoms with van der Waals surface area (Å²) >= 11 is 0. The molecule has 2 rings (SSSR count). The van der Waals surface area contributed by atoms with Crippen LogP contribution < -0.4 is 0 Å². The fraction of sp³-hybridized carbons (Fsp3) is 0.571. The van der Waals surface area contributed by atoms with Gasteiger partial charge in [-0.3, -0.25) is 4.79 Å². The van der Waals surface area contributed by atoms with Crippen LogP contribution in [0, 0.1) is 0 Å². The number of hydrogen-bond acceptors (Lipinski definition) is 3. The molecule has 0 radical (unpaired) electrons. The molecule has 0 N–H and O–H groups in total. The number of rotatable bonds is 12. The van der Waals surface area contributed by atoms with Crippen molar-refractivity contribution in [1.29, 1.82) is 0 Å². The van der Waals surface area contributed by atoms with Crippen molar-refractivity contribution in [1.82, 2.24) is 15.0 Å². The highest BCUT2D eigenvalue weighted by Crippen LogP contribution is 2.12. The number of allylic oxidation sites excluding steroid dienone is 2. The van der Waals surface area contributed by atoms with Crippen LogP contribution in [0.2, 0.25) is 0 Å². The second-order valence-corrected chi connectivity index (χ2v) is 6.70. The molecular formula is C21H31N3O. The first kappa shape index (κ1) is 19.4.